The molecule has 2 aromatic rings. The molecule has 2 heterocycles. The van der Waals surface area contributed by atoms with Crippen molar-refractivity contribution < 1.29 is 9.90 Å². The van der Waals surface area contributed by atoms with Crippen molar-refractivity contribution in [3.05, 3.63) is 23.9 Å². The SMILES string of the molecule is Nc1nc2ccc(CC3CCC(C(=O)O)CC3)cn2n1. The first-order valence-electron chi connectivity index (χ1n) is 6.95. The van der Waals surface area contributed by atoms with Gasteiger partial charge in [0.1, 0.15) is 0 Å². The number of nitrogens with zero attached hydrogens (tertiary/aromatic N) is 3. The van der Waals surface area contributed by atoms with E-state index in [2.05, 4.69) is 10.1 Å². The molecule has 1 saturated carbocycles. The number of carboxylic acid groups (broad SMARTS) is 1. The van der Waals surface area contributed by atoms with Crippen LogP contribution < -0.4 is 5.73 Å². The second kappa shape index (κ2) is 5.11. The monoisotopic (exact) mass is 274 g/mol. The molecule has 6 heteroatoms. The zero-order valence-electron chi connectivity index (χ0n) is 11.2. The summed E-state index contributed by atoms with van der Waals surface area (Å²) in [6.45, 7) is 0. The van der Waals surface area contributed by atoms with Gasteiger partial charge in [-0.3, -0.25) is 4.79 Å². The molecule has 0 unspecified atom stereocenters. The number of fused-ring (bicyclic) bond motifs is 1. The molecule has 1 aliphatic rings. The van der Waals surface area contributed by atoms with Crippen LogP contribution in [0.4, 0.5) is 5.95 Å². The van der Waals surface area contributed by atoms with E-state index in [1.165, 1.54) is 5.56 Å². The van der Waals surface area contributed by atoms with E-state index in [9.17, 15) is 4.79 Å². The van der Waals surface area contributed by atoms with Gasteiger partial charge >= 0.3 is 5.97 Å². The van der Waals surface area contributed by atoms with Crippen LogP contribution in [0.5, 0.6) is 0 Å². The van der Waals surface area contributed by atoms with Crippen LogP contribution in [0.2, 0.25) is 0 Å². The lowest BCUT2D eigenvalue weighted by atomic mass is 9.79. The van der Waals surface area contributed by atoms with Gasteiger partial charge in [-0.2, -0.15) is 4.98 Å². The van der Waals surface area contributed by atoms with E-state index in [1.54, 1.807) is 4.52 Å². The molecule has 0 amide bonds. The highest BCUT2D eigenvalue weighted by Crippen LogP contribution is 2.31. The molecule has 1 fully saturated rings. The molecule has 0 bridgehead atoms. The fraction of sp³-hybridized carbons (Fsp3) is 0.500. The lowest BCUT2D eigenvalue weighted by molar-refractivity contribution is -0.143. The summed E-state index contributed by atoms with van der Waals surface area (Å²) in [6, 6.07) is 3.97. The summed E-state index contributed by atoms with van der Waals surface area (Å²) in [6.07, 6.45) is 6.46. The Morgan fingerprint density at radius 1 is 1.35 bits per heavy atom. The Bertz CT molecular complexity index is 629. The highest BCUT2D eigenvalue weighted by atomic mass is 16.4. The van der Waals surface area contributed by atoms with E-state index in [0.717, 1.165) is 37.8 Å². The van der Waals surface area contributed by atoms with E-state index >= 15 is 0 Å². The number of hydrogen-bond acceptors (Lipinski definition) is 4. The number of carboxylic acids is 1. The summed E-state index contributed by atoms with van der Waals surface area (Å²) >= 11 is 0. The zero-order valence-corrected chi connectivity index (χ0v) is 11.2. The predicted molar refractivity (Wildman–Crippen MR) is 74.2 cm³/mol. The van der Waals surface area contributed by atoms with Gasteiger partial charge in [0.2, 0.25) is 5.95 Å². The number of nitrogens with two attached hydrogens (primary N) is 1. The van der Waals surface area contributed by atoms with E-state index in [-0.39, 0.29) is 11.9 Å². The van der Waals surface area contributed by atoms with Gasteiger partial charge in [-0.1, -0.05) is 6.07 Å². The number of nitrogen functional groups attached to an aromatic ring is 1. The Balaban J connectivity index is 1.66. The van der Waals surface area contributed by atoms with Crippen LogP contribution in [-0.4, -0.2) is 25.7 Å². The molecule has 3 rings (SSSR count). The highest BCUT2D eigenvalue weighted by molar-refractivity contribution is 5.70. The van der Waals surface area contributed by atoms with Crippen LogP contribution >= 0.6 is 0 Å². The molecule has 0 aromatic carbocycles. The van der Waals surface area contributed by atoms with Gasteiger partial charge < -0.3 is 10.8 Å². The van der Waals surface area contributed by atoms with Gasteiger partial charge in [0.25, 0.3) is 0 Å². The van der Waals surface area contributed by atoms with E-state index in [4.69, 9.17) is 10.8 Å². The average molecular weight is 274 g/mol. The number of pyridine rings is 1. The topological polar surface area (TPSA) is 93.5 Å². The Kier molecular flexibility index (Phi) is 3.30. The van der Waals surface area contributed by atoms with Gasteiger partial charge in [-0.15, -0.1) is 5.10 Å². The van der Waals surface area contributed by atoms with Crippen molar-refractivity contribution in [2.75, 3.05) is 5.73 Å². The lowest BCUT2D eigenvalue weighted by Crippen LogP contribution is -2.22. The van der Waals surface area contributed by atoms with Gasteiger partial charge in [-0.25, -0.2) is 4.52 Å². The summed E-state index contributed by atoms with van der Waals surface area (Å²) in [5.41, 5.74) is 7.52. The van der Waals surface area contributed by atoms with Gasteiger partial charge in [0.15, 0.2) is 5.65 Å². The van der Waals surface area contributed by atoms with E-state index in [0.29, 0.717) is 5.92 Å². The molecule has 0 aliphatic heterocycles. The number of aromatic nitrogens is 3. The molecular formula is C14H18N4O2. The molecule has 1 aliphatic carbocycles. The van der Waals surface area contributed by atoms with Gasteiger partial charge in [0, 0.05) is 6.20 Å². The summed E-state index contributed by atoms with van der Waals surface area (Å²) in [5.74, 6) is 0.0415. The van der Waals surface area contributed by atoms with E-state index in [1.807, 2.05) is 18.3 Å². The summed E-state index contributed by atoms with van der Waals surface area (Å²) < 4.78 is 1.70. The molecule has 2 aromatic heterocycles. The van der Waals surface area contributed by atoms with Crippen molar-refractivity contribution >= 4 is 17.6 Å². The van der Waals surface area contributed by atoms with Crippen molar-refractivity contribution in [1.82, 2.24) is 14.6 Å². The van der Waals surface area contributed by atoms with Crippen LogP contribution in [0.1, 0.15) is 31.2 Å². The van der Waals surface area contributed by atoms with Crippen molar-refractivity contribution in [3.8, 4) is 0 Å². The van der Waals surface area contributed by atoms with Crippen LogP contribution in [0, 0.1) is 11.8 Å². The van der Waals surface area contributed by atoms with Gasteiger partial charge in [-0.05, 0) is 49.7 Å². The van der Waals surface area contributed by atoms with Crippen LogP contribution in [0.3, 0.4) is 0 Å². The fourth-order valence-electron chi connectivity index (χ4n) is 3.01. The number of anilines is 1. The molecule has 3 N–H and O–H groups in total. The van der Waals surface area contributed by atoms with Crippen molar-refractivity contribution in [1.29, 1.82) is 0 Å². The molecule has 0 spiro atoms. The fourth-order valence-corrected chi connectivity index (χ4v) is 3.01. The zero-order chi connectivity index (χ0) is 14.1. The first kappa shape index (κ1) is 12.9. The lowest BCUT2D eigenvalue weighted by Gasteiger charge is -2.26. The number of rotatable bonds is 3. The Labute approximate surface area is 116 Å². The second-order valence-electron chi connectivity index (χ2n) is 5.57. The maximum atomic E-state index is 10.9. The van der Waals surface area contributed by atoms with E-state index < -0.39 is 5.97 Å². The minimum Gasteiger partial charge on any atom is -0.481 e. The summed E-state index contributed by atoms with van der Waals surface area (Å²) in [4.78, 5) is 15.0. The molecule has 0 saturated heterocycles. The maximum absolute atomic E-state index is 10.9. The van der Waals surface area contributed by atoms with Crippen LogP contribution in [-0.2, 0) is 11.2 Å². The van der Waals surface area contributed by atoms with Crippen LogP contribution in [0.25, 0.3) is 5.65 Å². The van der Waals surface area contributed by atoms with Crippen LogP contribution in [0.15, 0.2) is 18.3 Å². The largest absolute Gasteiger partial charge is 0.481 e. The summed E-state index contributed by atoms with van der Waals surface area (Å²) in [7, 11) is 0. The van der Waals surface area contributed by atoms with Crippen molar-refractivity contribution in [3.63, 3.8) is 0 Å². The molecule has 106 valence electrons. The first-order valence-corrected chi connectivity index (χ1v) is 6.95. The quantitative estimate of drug-likeness (QED) is 0.889. The summed E-state index contributed by atoms with van der Waals surface area (Å²) in [5, 5.41) is 13.1. The smallest absolute Gasteiger partial charge is 0.306 e. The highest BCUT2D eigenvalue weighted by Gasteiger charge is 2.25. The Morgan fingerprint density at radius 3 is 2.80 bits per heavy atom. The molecule has 0 radical (unpaired) electrons. The molecular weight excluding hydrogens is 256 g/mol. The third kappa shape index (κ3) is 2.59. The normalized spacial score (nSPS) is 23.0. The standard InChI is InChI=1S/C14H18N4O2/c15-14-16-12-6-3-10(8-18(12)17-14)7-9-1-4-11(5-2-9)13(19)20/h3,6,8-9,11H,1-2,4-5,7H2,(H2,15,17)(H,19,20). The van der Waals surface area contributed by atoms with Crippen molar-refractivity contribution in [2.45, 2.75) is 32.1 Å². The number of hydrogen-bond donors (Lipinski definition) is 2. The molecule has 20 heavy (non-hydrogen) atoms. The molecule has 0 atom stereocenters. The Morgan fingerprint density at radius 2 is 2.10 bits per heavy atom. The minimum absolute atomic E-state index is 0.149. The Hall–Kier alpha value is -2.11. The average Bonchev–Trinajstić information content (AvgIpc) is 2.78. The molecule has 6 nitrogen and oxygen atoms in total. The number of carbonyl (C=O) groups is 1. The number of aliphatic carboxylic acids is 1. The second-order valence-corrected chi connectivity index (χ2v) is 5.57. The minimum atomic E-state index is -0.650. The first-order chi connectivity index (χ1) is 9.61. The third-order valence-corrected chi connectivity index (χ3v) is 4.13. The third-order valence-electron chi connectivity index (χ3n) is 4.13. The van der Waals surface area contributed by atoms with Crippen molar-refractivity contribution in [2.24, 2.45) is 11.8 Å². The predicted octanol–water partition coefficient (Wildman–Crippen LogP) is 1.74. The maximum Gasteiger partial charge on any atom is 0.306 e. The van der Waals surface area contributed by atoms with Gasteiger partial charge in [0.05, 0.1) is 5.92 Å².